The van der Waals surface area contributed by atoms with Gasteiger partial charge in [-0.15, -0.1) is 0 Å². The fraction of sp³-hybridized carbons (Fsp3) is 0.263. The highest BCUT2D eigenvalue weighted by molar-refractivity contribution is 7.59. The number of amides is 3. The van der Waals surface area contributed by atoms with Gasteiger partial charge in [-0.3, -0.25) is 10.0 Å². The van der Waals surface area contributed by atoms with Crippen LogP contribution in [-0.2, 0) is 6.54 Å². The number of anilines is 1. The van der Waals surface area contributed by atoms with Crippen LogP contribution in [0.1, 0.15) is 22.8 Å². The maximum Gasteiger partial charge on any atom is 0.322 e. The third-order valence-corrected chi connectivity index (χ3v) is 4.23. The molecular formula is C19H23N3O5S. The highest BCUT2D eigenvalue weighted by Gasteiger charge is 2.24. The SMILES string of the molecule is COc1ccc(NC(=O)N2Cc3ccc(C(=O)NO)cc3O[C@@H](C)C2)cc1.S. The van der Waals surface area contributed by atoms with Gasteiger partial charge in [-0.05, 0) is 43.3 Å². The lowest BCUT2D eigenvalue weighted by Gasteiger charge is -2.22. The van der Waals surface area contributed by atoms with Crippen molar-refractivity contribution in [3.63, 3.8) is 0 Å². The number of benzene rings is 2. The minimum Gasteiger partial charge on any atom is -0.497 e. The molecule has 1 aliphatic rings. The largest absolute Gasteiger partial charge is 0.497 e. The number of urea groups is 1. The van der Waals surface area contributed by atoms with E-state index in [9.17, 15) is 9.59 Å². The van der Waals surface area contributed by atoms with Gasteiger partial charge >= 0.3 is 6.03 Å². The van der Waals surface area contributed by atoms with Crippen molar-refractivity contribution in [1.82, 2.24) is 10.4 Å². The summed E-state index contributed by atoms with van der Waals surface area (Å²) in [7, 11) is 1.58. The van der Waals surface area contributed by atoms with E-state index in [4.69, 9.17) is 14.7 Å². The van der Waals surface area contributed by atoms with Gasteiger partial charge in [-0.1, -0.05) is 6.07 Å². The summed E-state index contributed by atoms with van der Waals surface area (Å²) in [6, 6.07) is 11.7. The molecule has 3 rings (SSSR count). The first-order valence-corrected chi connectivity index (χ1v) is 8.44. The molecule has 0 aromatic heterocycles. The van der Waals surface area contributed by atoms with Crippen LogP contribution in [0.3, 0.4) is 0 Å². The Kier molecular flexibility index (Phi) is 7.13. The van der Waals surface area contributed by atoms with Crippen LogP contribution in [0.25, 0.3) is 0 Å². The molecule has 8 nitrogen and oxygen atoms in total. The Morgan fingerprint density at radius 1 is 1.21 bits per heavy atom. The molecule has 3 N–H and O–H groups in total. The van der Waals surface area contributed by atoms with Gasteiger partial charge in [0.2, 0.25) is 0 Å². The molecule has 9 heteroatoms. The van der Waals surface area contributed by atoms with Gasteiger partial charge < -0.3 is 19.7 Å². The summed E-state index contributed by atoms with van der Waals surface area (Å²) in [4.78, 5) is 25.9. The second-order valence-corrected chi connectivity index (χ2v) is 6.23. The summed E-state index contributed by atoms with van der Waals surface area (Å²) in [5, 5.41) is 11.6. The first kappa shape index (κ1) is 21.4. The molecule has 0 spiro atoms. The predicted octanol–water partition coefficient (Wildman–Crippen LogP) is 2.74. The van der Waals surface area contributed by atoms with Crippen molar-refractivity contribution in [3.05, 3.63) is 53.6 Å². The number of nitrogens with one attached hydrogen (secondary N) is 2. The van der Waals surface area contributed by atoms with Crippen LogP contribution >= 0.6 is 13.5 Å². The molecule has 3 amide bonds. The van der Waals surface area contributed by atoms with Gasteiger partial charge in [0.25, 0.3) is 5.91 Å². The minimum atomic E-state index is -0.618. The average molecular weight is 405 g/mol. The molecule has 0 fully saturated rings. The molecule has 2 aromatic rings. The molecule has 28 heavy (non-hydrogen) atoms. The molecule has 0 aliphatic carbocycles. The molecule has 0 radical (unpaired) electrons. The number of hydrogen-bond acceptors (Lipinski definition) is 5. The number of methoxy groups -OCH3 is 1. The number of fused-ring (bicyclic) bond motifs is 1. The van der Waals surface area contributed by atoms with Crippen molar-refractivity contribution < 1.29 is 24.3 Å². The first-order valence-electron chi connectivity index (χ1n) is 8.44. The Balaban J connectivity index is 0.00000280. The molecule has 1 atom stereocenters. The van der Waals surface area contributed by atoms with Crippen LogP contribution in [0.5, 0.6) is 11.5 Å². The van der Waals surface area contributed by atoms with E-state index < -0.39 is 5.91 Å². The second kappa shape index (κ2) is 9.34. The zero-order valence-electron chi connectivity index (χ0n) is 15.6. The third-order valence-electron chi connectivity index (χ3n) is 4.23. The van der Waals surface area contributed by atoms with E-state index in [1.807, 2.05) is 6.92 Å². The number of carbonyl (C=O) groups excluding carboxylic acids is 2. The predicted molar refractivity (Wildman–Crippen MR) is 109 cm³/mol. The normalized spacial score (nSPS) is 15.2. The van der Waals surface area contributed by atoms with Crippen molar-refractivity contribution in [2.45, 2.75) is 19.6 Å². The molecule has 0 bridgehead atoms. The van der Waals surface area contributed by atoms with Gasteiger partial charge in [0.05, 0.1) is 20.2 Å². The second-order valence-electron chi connectivity index (χ2n) is 6.23. The lowest BCUT2D eigenvalue weighted by Crippen LogP contribution is -2.38. The van der Waals surface area contributed by atoms with Crippen molar-refractivity contribution in [2.75, 3.05) is 19.0 Å². The molecule has 0 saturated heterocycles. The van der Waals surface area contributed by atoms with Crippen molar-refractivity contribution in [3.8, 4) is 11.5 Å². The van der Waals surface area contributed by atoms with Crippen LogP contribution in [-0.4, -0.2) is 41.8 Å². The van der Waals surface area contributed by atoms with Crippen LogP contribution in [0.4, 0.5) is 10.5 Å². The maximum atomic E-state index is 12.7. The van der Waals surface area contributed by atoms with Crippen LogP contribution in [0, 0.1) is 0 Å². The molecule has 1 heterocycles. The molecule has 2 aromatic carbocycles. The highest BCUT2D eigenvalue weighted by Crippen LogP contribution is 2.27. The first-order chi connectivity index (χ1) is 13.0. The Hall–Kier alpha value is -2.91. The molecule has 1 aliphatic heterocycles. The lowest BCUT2D eigenvalue weighted by molar-refractivity contribution is 0.0705. The minimum absolute atomic E-state index is 0. The fourth-order valence-electron chi connectivity index (χ4n) is 2.87. The summed E-state index contributed by atoms with van der Waals surface area (Å²) in [6.07, 6.45) is -0.264. The fourth-order valence-corrected chi connectivity index (χ4v) is 2.87. The highest BCUT2D eigenvalue weighted by atomic mass is 32.1. The van der Waals surface area contributed by atoms with E-state index in [1.54, 1.807) is 60.0 Å². The van der Waals surface area contributed by atoms with Crippen LogP contribution < -0.4 is 20.3 Å². The summed E-state index contributed by atoms with van der Waals surface area (Å²) < 4.78 is 11.0. The number of rotatable bonds is 3. The maximum absolute atomic E-state index is 12.7. The number of ether oxygens (including phenoxy) is 2. The third kappa shape index (κ3) is 4.87. The van der Waals surface area contributed by atoms with Crippen LogP contribution in [0.2, 0.25) is 0 Å². The van der Waals surface area contributed by atoms with Crippen LogP contribution in [0.15, 0.2) is 42.5 Å². The Morgan fingerprint density at radius 3 is 2.57 bits per heavy atom. The zero-order valence-corrected chi connectivity index (χ0v) is 16.6. The van der Waals surface area contributed by atoms with Gasteiger partial charge in [0.15, 0.2) is 0 Å². The molecular weight excluding hydrogens is 382 g/mol. The van der Waals surface area contributed by atoms with E-state index in [0.29, 0.717) is 30.3 Å². The van der Waals surface area contributed by atoms with Crippen molar-refractivity contribution in [1.29, 1.82) is 0 Å². The molecule has 150 valence electrons. The number of nitrogens with zero attached hydrogens (tertiary/aromatic N) is 1. The monoisotopic (exact) mass is 405 g/mol. The Labute approximate surface area is 169 Å². The Bertz CT molecular complexity index is 844. The lowest BCUT2D eigenvalue weighted by atomic mass is 10.1. The molecule has 0 unspecified atom stereocenters. The van der Waals surface area contributed by atoms with E-state index in [0.717, 1.165) is 5.56 Å². The van der Waals surface area contributed by atoms with E-state index in [1.165, 1.54) is 0 Å². The average Bonchev–Trinajstić information content (AvgIpc) is 2.85. The van der Waals surface area contributed by atoms with Gasteiger partial charge in [0.1, 0.15) is 17.6 Å². The van der Waals surface area contributed by atoms with Gasteiger partial charge in [-0.25, -0.2) is 10.3 Å². The van der Waals surface area contributed by atoms with Crippen molar-refractivity contribution in [2.24, 2.45) is 0 Å². The Morgan fingerprint density at radius 2 is 1.93 bits per heavy atom. The quantitative estimate of drug-likeness (QED) is 0.539. The van der Waals surface area contributed by atoms with E-state index >= 15 is 0 Å². The molecule has 0 saturated carbocycles. The van der Waals surface area contributed by atoms with E-state index in [2.05, 4.69) is 5.32 Å². The summed E-state index contributed by atoms with van der Waals surface area (Å²) in [5.74, 6) is 0.609. The summed E-state index contributed by atoms with van der Waals surface area (Å²) in [5.41, 5.74) is 3.31. The van der Waals surface area contributed by atoms with E-state index in [-0.39, 0.29) is 31.2 Å². The summed E-state index contributed by atoms with van der Waals surface area (Å²) >= 11 is 0. The number of hydrogen-bond donors (Lipinski definition) is 3. The summed E-state index contributed by atoms with van der Waals surface area (Å²) in [6.45, 7) is 2.57. The van der Waals surface area contributed by atoms with Gasteiger partial charge in [-0.2, -0.15) is 13.5 Å². The standard InChI is InChI=1S/C19H21N3O5.H2S/c1-12-10-22(19(24)20-15-5-7-16(26-2)8-6-15)11-14-4-3-13(18(23)21-25)9-17(14)27-12;/h3-9,12,25H,10-11H2,1-2H3,(H,20,24)(H,21,23);1H2/t12-;/m0./s1. The zero-order chi connectivity index (χ0) is 19.4. The van der Waals surface area contributed by atoms with Crippen molar-refractivity contribution >= 4 is 31.1 Å². The smallest absolute Gasteiger partial charge is 0.322 e. The van der Waals surface area contributed by atoms with Gasteiger partial charge in [0, 0.05) is 16.8 Å². The number of hydroxylamine groups is 1. The topological polar surface area (TPSA) is 100 Å². The number of carbonyl (C=O) groups is 2.